The van der Waals surface area contributed by atoms with Crippen LogP contribution in [0.1, 0.15) is 91.9 Å². The molecular weight excluding hydrogens is 440 g/mol. The summed E-state index contributed by atoms with van der Waals surface area (Å²) in [6.45, 7) is 7.28. The lowest BCUT2D eigenvalue weighted by Crippen LogP contribution is -2.59. The highest BCUT2D eigenvalue weighted by Crippen LogP contribution is 2.24. The standard InChI is InChI=1S/C21H40N10O3/c1-5-20(3,30-24-15-11-7-8-12-15)22-17(32)26-28-19(34)29-27-18(33)23-21(4,6-2)31-25-16-13-9-10-14-16/h15-16H,5-14H2,1-4H3,(H2,22,26,32)(H2,23,27,33)(H2,28,29,34). The van der Waals surface area contributed by atoms with Crippen molar-refractivity contribution in [3.8, 4) is 0 Å². The molecule has 192 valence electrons. The summed E-state index contributed by atoms with van der Waals surface area (Å²) in [4.78, 5) is 36.3. The third-order valence-corrected chi connectivity index (χ3v) is 6.25. The van der Waals surface area contributed by atoms with Crippen molar-refractivity contribution in [2.45, 2.75) is 115 Å². The fourth-order valence-electron chi connectivity index (χ4n) is 3.64. The highest BCUT2D eigenvalue weighted by Gasteiger charge is 2.26. The van der Waals surface area contributed by atoms with Gasteiger partial charge in [0.1, 0.15) is 0 Å². The predicted octanol–water partition coefficient (Wildman–Crippen LogP) is 3.76. The Morgan fingerprint density at radius 3 is 1.29 bits per heavy atom. The van der Waals surface area contributed by atoms with Gasteiger partial charge in [-0.2, -0.15) is 20.5 Å². The van der Waals surface area contributed by atoms with Gasteiger partial charge in [-0.15, -0.1) is 0 Å². The van der Waals surface area contributed by atoms with E-state index >= 15 is 0 Å². The van der Waals surface area contributed by atoms with Crippen molar-refractivity contribution < 1.29 is 14.4 Å². The number of hydrogen-bond acceptors (Lipinski definition) is 7. The molecule has 13 heteroatoms. The first kappa shape index (κ1) is 27.3. The number of nitrogens with zero attached hydrogens (tertiary/aromatic N) is 4. The number of rotatable bonds is 8. The molecule has 2 unspecified atom stereocenters. The highest BCUT2D eigenvalue weighted by molar-refractivity contribution is 5.82. The van der Waals surface area contributed by atoms with E-state index in [4.69, 9.17) is 0 Å². The smallest absolute Gasteiger partial charge is 0.311 e. The minimum atomic E-state index is -0.888. The second kappa shape index (κ2) is 13.0. The summed E-state index contributed by atoms with van der Waals surface area (Å²) in [5.74, 6) is 0. The van der Waals surface area contributed by atoms with Crippen LogP contribution in [-0.4, -0.2) is 41.5 Å². The number of carbonyl (C=O) groups is 3. The zero-order valence-electron chi connectivity index (χ0n) is 20.7. The zero-order valence-corrected chi connectivity index (χ0v) is 20.7. The number of amides is 6. The SMILES string of the molecule is CCC(C)(N=NC1CCCC1)NC(=O)NNC(=O)NNC(=O)NC(C)(CC)N=NC1CCCC1. The van der Waals surface area contributed by atoms with Crippen molar-refractivity contribution in [1.29, 1.82) is 0 Å². The molecule has 6 N–H and O–H groups in total. The maximum atomic E-state index is 12.2. The van der Waals surface area contributed by atoms with Crippen LogP contribution in [0.4, 0.5) is 14.4 Å². The lowest BCUT2D eigenvalue weighted by Gasteiger charge is -2.25. The van der Waals surface area contributed by atoms with Crippen molar-refractivity contribution in [2.75, 3.05) is 0 Å². The van der Waals surface area contributed by atoms with Gasteiger partial charge in [-0.1, -0.05) is 39.5 Å². The molecule has 6 amide bonds. The highest BCUT2D eigenvalue weighted by atomic mass is 16.2. The molecule has 0 aliphatic heterocycles. The van der Waals surface area contributed by atoms with Crippen LogP contribution in [-0.2, 0) is 0 Å². The predicted molar refractivity (Wildman–Crippen MR) is 127 cm³/mol. The van der Waals surface area contributed by atoms with Gasteiger partial charge in [0, 0.05) is 0 Å². The van der Waals surface area contributed by atoms with Crippen LogP contribution in [0.5, 0.6) is 0 Å². The average molecular weight is 481 g/mol. The van der Waals surface area contributed by atoms with Crippen LogP contribution in [0, 0.1) is 0 Å². The van der Waals surface area contributed by atoms with E-state index in [1.807, 2.05) is 13.8 Å². The Bertz CT molecular complexity index is 689. The molecule has 0 aromatic heterocycles. The van der Waals surface area contributed by atoms with Crippen molar-refractivity contribution in [2.24, 2.45) is 20.5 Å². The number of hydrogen-bond donors (Lipinski definition) is 6. The first-order valence-corrected chi connectivity index (χ1v) is 12.2. The molecule has 2 fully saturated rings. The van der Waals surface area contributed by atoms with Gasteiger partial charge in [0.2, 0.25) is 0 Å². The molecule has 0 bridgehead atoms. The van der Waals surface area contributed by atoms with Crippen LogP contribution in [0.25, 0.3) is 0 Å². The van der Waals surface area contributed by atoms with Gasteiger partial charge in [0.15, 0.2) is 11.3 Å². The summed E-state index contributed by atoms with van der Waals surface area (Å²) in [5, 5.41) is 22.7. The van der Waals surface area contributed by atoms with E-state index < -0.39 is 29.4 Å². The van der Waals surface area contributed by atoms with Crippen LogP contribution in [0.15, 0.2) is 20.5 Å². The summed E-state index contributed by atoms with van der Waals surface area (Å²) in [6.07, 6.45) is 9.69. The zero-order chi connectivity index (χ0) is 25.0. The number of nitrogens with one attached hydrogen (secondary N) is 6. The minimum Gasteiger partial charge on any atom is -0.311 e. The molecular formula is C21H40N10O3. The number of carbonyl (C=O) groups excluding carboxylic acids is 3. The van der Waals surface area contributed by atoms with Crippen LogP contribution >= 0.6 is 0 Å². The second-order valence-corrected chi connectivity index (χ2v) is 9.30. The third kappa shape index (κ3) is 9.48. The van der Waals surface area contributed by atoms with Crippen LogP contribution < -0.4 is 32.3 Å². The van der Waals surface area contributed by atoms with E-state index in [2.05, 4.69) is 52.8 Å². The topological polar surface area (TPSA) is 173 Å². The molecule has 2 atom stereocenters. The molecule has 0 aromatic rings. The van der Waals surface area contributed by atoms with Crippen molar-refractivity contribution >= 4 is 18.1 Å². The Morgan fingerprint density at radius 1 is 0.647 bits per heavy atom. The molecule has 2 aliphatic rings. The van der Waals surface area contributed by atoms with Gasteiger partial charge in [-0.3, -0.25) is 0 Å². The van der Waals surface area contributed by atoms with E-state index in [1.54, 1.807) is 13.8 Å². The van der Waals surface area contributed by atoms with Crippen LogP contribution in [0.2, 0.25) is 0 Å². The van der Waals surface area contributed by atoms with Gasteiger partial charge in [-0.05, 0) is 52.4 Å². The molecule has 0 radical (unpaired) electrons. The van der Waals surface area contributed by atoms with Crippen molar-refractivity contribution in [3.63, 3.8) is 0 Å². The van der Waals surface area contributed by atoms with Gasteiger partial charge in [0.25, 0.3) is 0 Å². The van der Waals surface area contributed by atoms with Gasteiger partial charge >= 0.3 is 18.1 Å². The molecule has 0 aromatic carbocycles. The molecule has 13 nitrogen and oxygen atoms in total. The molecule has 0 saturated heterocycles. The fourth-order valence-corrected chi connectivity index (χ4v) is 3.64. The van der Waals surface area contributed by atoms with Gasteiger partial charge < -0.3 is 10.6 Å². The van der Waals surface area contributed by atoms with E-state index in [1.165, 1.54) is 0 Å². The first-order chi connectivity index (χ1) is 16.2. The van der Waals surface area contributed by atoms with Gasteiger partial charge in [0.05, 0.1) is 12.1 Å². The quantitative estimate of drug-likeness (QED) is 0.230. The summed E-state index contributed by atoms with van der Waals surface area (Å²) in [5.41, 5.74) is 6.96. The lowest BCUT2D eigenvalue weighted by molar-refractivity contribution is 0.207. The normalized spacial score (nSPS) is 20.6. The Labute approximate surface area is 201 Å². The molecule has 0 spiro atoms. The lowest BCUT2D eigenvalue weighted by atomic mass is 10.1. The van der Waals surface area contributed by atoms with E-state index in [0.29, 0.717) is 12.8 Å². The average Bonchev–Trinajstić information content (AvgIpc) is 3.53. The first-order valence-electron chi connectivity index (χ1n) is 12.2. The van der Waals surface area contributed by atoms with Crippen molar-refractivity contribution in [1.82, 2.24) is 32.3 Å². The molecule has 2 aliphatic carbocycles. The molecule has 2 saturated carbocycles. The Hall–Kier alpha value is -2.99. The minimum absolute atomic E-state index is 0.204. The monoisotopic (exact) mass is 480 g/mol. The maximum absolute atomic E-state index is 12.2. The summed E-state index contributed by atoms with van der Waals surface area (Å²) < 4.78 is 0. The third-order valence-electron chi connectivity index (χ3n) is 6.25. The summed E-state index contributed by atoms with van der Waals surface area (Å²) in [7, 11) is 0. The second-order valence-electron chi connectivity index (χ2n) is 9.30. The molecule has 0 heterocycles. The molecule has 34 heavy (non-hydrogen) atoms. The van der Waals surface area contributed by atoms with Crippen molar-refractivity contribution in [3.05, 3.63) is 0 Å². The van der Waals surface area contributed by atoms with E-state index in [-0.39, 0.29) is 12.1 Å². The van der Waals surface area contributed by atoms with E-state index in [9.17, 15) is 14.4 Å². The van der Waals surface area contributed by atoms with Crippen LogP contribution in [0.3, 0.4) is 0 Å². The summed E-state index contributed by atoms with van der Waals surface area (Å²) >= 11 is 0. The summed E-state index contributed by atoms with van der Waals surface area (Å²) in [6, 6.07) is -1.73. The number of azo groups is 2. The maximum Gasteiger partial charge on any atom is 0.352 e. The number of hydrazine groups is 2. The Kier molecular flexibility index (Phi) is 10.5. The molecule has 2 rings (SSSR count). The largest absolute Gasteiger partial charge is 0.352 e. The number of urea groups is 3. The van der Waals surface area contributed by atoms with Gasteiger partial charge in [-0.25, -0.2) is 36.1 Å². The Balaban J connectivity index is 1.70. The van der Waals surface area contributed by atoms with E-state index in [0.717, 1.165) is 51.4 Å². The Morgan fingerprint density at radius 2 is 0.971 bits per heavy atom. The fraction of sp³-hybridized carbons (Fsp3) is 0.857.